The standard InChI is InChI=1S/C19H22F2N6O/c1-28-15-4-2-13(3-5-15)19(20,21)11-27-8-6-14(7-9-27)25-17-16-10-24-26-18(16)23-12-22-17/h2-5,10,12,14H,6-9,11H2,1H3,(H2,22,23,24,25,26). The first-order valence-electron chi connectivity index (χ1n) is 9.20. The summed E-state index contributed by atoms with van der Waals surface area (Å²) >= 11 is 0. The number of ether oxygens (including phenoxy) is 1. The van der Waals surface area contributed by atoms with Gasteiger partial charge in [-0.15, -0.1) is 0 Å². The second-order valence-corrected chi connectivity index (χ2v) is 6.98. The van der Waals surface area contributed by atoms with Crippen LogP contribution in [-0.4, -0.2) is 57.9 Å². The molecule has 2 N–H and O–H groups in total. The predicted octanol–water partition coefficient (Wildman–Crippen LogP) is 3.03. The summed E-state index contributed by atoms with van der Waals surface area (Å²) in [6, 6.07) is 6.17. The molecule has 7 nitrogen and oxygen atoms in total. The van der Waals surface area contributed by atoms with Crippen LogP contribution < -0.4 is 10.1 Å². The number of piperidine rings is 1. The molecule has 0 radical (unpaired) electrons. The molecule has 1 aliphatic heterocycles. The summed E-state index contributed by atoms with van der Waals surface area (Å²) < 4.78 is 34.3. The van der Waals surface area contributed by atoms with Crippen molar-refractivity contribution in [1.82, 2.24) is 25.1 Å². The van der Waals surface area contributed by atoms with Gasteiger partial charge >= 0.3 is 0 Å². The van der Waals surface area contributed by atoms with Crippen molar-refractivity contribution in [3.05, 3.63) is 42.4 Å². The van der Waals surface area contributed by atoms with Crippen molar-refractivity contribution < 1.29 is 13.5 Å². The molecule has 4 rings (SSSR count). The zero-order chi connectivity index (χ0) is 19.6. The summed E-state index contributed by atoms with van der Waals surface area (Å²) in [5, 5.41) is 11.0. The van der Waals surface area contributed by atoms with Crippen LogP contribution in [0.1, 0.15) is 18.4 Å². The minimum Gasteiger partial charge on any atom is -0.497 e. The number of methoxy groups -OCH3 is 1. The number of H-pyrrole nitrogens is 1. The highest BCUT2D eigenvalue weighted by molar-refractivity contribution is 5.85. The number of nitrogens with one attached hydrogen (secondary N) is 2. The van der Waals surface area contributed by atoms with E-state index in [1.54, 1.807) is 18.3 Å². The molecule has 0 bridgehead atoms. The van der Waals surface area contributed by atoms with Crippen LogP contribution in [0.4, 0.5) is 14.6 Å². The van der Waals surface area contributed by atoms with E-state index in [2.05, 4.69) is 25.5 Å². The summed E-state index contributed by atoms with van der Waals surface area (Å²) in [6.45, 7) is 0.914. The molecule has 1 aliphatic rings. The molecule has 0 aliphatic carbocycles. The molecule has 0 amide bonds. The highest BCUT2D eigenvalue weighted by Gasteiger charge is 2.35. The van der Waals surface area contributed by atoms with Gasteiger partial charge in [0.15, 0.2) is 5.65 Å². The molecule has 0 unspecified atom stereocenters. The molecule has 1 fully saturated rings. The van der Waals surface area contributed by atoms with E-state index >= 15 is 0 Å². The molecule has 0 saturated carbocycles. The molecule has 3 aromatic rings. The first-order valence-corrected chi connectivity index (χ1v) is 9.20. The number of alkyl halides is 2. The Morgan fingerprint density at radius 2 is 1.96 bits per heavy atom. The number of rotatable bonds is 6. The van der Waals surface area contributed by atoms with E-state index in [0.29, 0.717) is 24.5 Å². The van der Waals surface area contributed by atoms with Crippen LogP contribution in [-0.2, 0) is 5.92 Å². The number of anilines is 1. The third-order valence-corrected chi connectivity index (χ3v) is 5.11. The lowest BCUT2D eigenvalue weighted by atomic mass is 10.0. The number of aromatic amines is 1. The van der Waals surface area contributed by atoms with Crippen LogP contribution in [0.15, 0.2) is 36.8 Å². The Labute approximate surface area is 161 Å². The average Bonchev–Trinajstić information content (AvgIpc) is 3.19. The molecule has 148 valence electrons. The number of halogens is 2. The fraction of sp³-hybridized carbons (Fsp3) is 0.421. The molecule has 1 saturated heterocycles. The predicted molar refractivity (Wildman–Crippen MR) is 102 cm³/mol. The fourth-order valence-corrected chi connectivity index (χ4v) is 3.52. The zero-order valence-corrected chi connectivity index (χ0v) is 15.5. The van der Waals surface area contributed by atoms with Crippen molar-refractivity contribution in [3.63, 3.8) is 0 Å². The molecular weight excluding hydrogens is 366 g/mol. The monoisotopic (exact) mass is 388 g/mol. The van der Waals surface area contributed by atoms with Crippen molar-refractivity contribution in [1.29, 1.82) is 0 Å². The molecule has 3 heterocycles. The average molecular weight is 388 g/mol. The van der Waals surface area contributed by atoms with E-state index in [0.717, 1.165) is 24.0 Å². The molecule has 28 heavy (non-hydrogen) atoms. The molecule has 0 atom stereocenters. The van der Waals surface area contributed by atoms with Crippen molar-refractivity contribution in [2.75, 3.05) is 32.1 Å². The van der Waals surface area contributed by atoms with Crippen molar-refractivity contribution in [2.24, 2.45) is 0 Å². The lowest BCUT2D eigenvalue weighted by molar-refractivity contribution is -0.0421. The van der Waals surface area contributed by atoms with E-state index in [-0.39, 0.29) is 18.2 Å². The number of nitrogens with zero attached hydrogens (tertiary/aromatic N) is 4. The van der Waals surface area contributed by atoms with Gasteiger partial charge in [0.1, 0.15) is 17.9 Å². The van der Waals surface area contributed by atoms with Gasteiger partial charge in [0.2, 0.25) is 0 Å². The molecule has 0 spiro atoms. The van der Waals surface area contributed by atoms with E-state index in [1.165, 1.54) is 25.6 Å². The van der Waals surface area contributed by atoms with Gasteiger partial charge in [0.05, 0.1) is 25.2 Å². The third-order valence-electron chi connectivity index (χ3n) is 5.11. The fourth-order valence-electron chi connectivity index (χ4n) is 3.52. The SMILES string of the molecule is COc1ccc(C(F)(F)CN2CCC(Nc3ncnc4[nH]ncc34)CC2)cc1. The zero-order valence-electron chi connectivity index (χ0n) is 15.5. The van der Waals surface area contributed by atoms with Crippen LogP contribution in [0.3, 0.4) is 0 Å². The van der Waals surface area contributed by atoms with Crippen LogP contribution in [0.25, 0.3) is 11.0 Å². The van der Waals surface area contributed by atoms with Gasteiger partial charge in [-0.2, -0.15) is 13.9 Å². The first kappa shape index (κ1) is 18.5. The minimum atomic E-state index is -2.90. The van der Waals surface area contributed by atoms with Gasteiger partial charge in [-0.1, -0.05) is 0 Å². The summed E-state index contributed by atoms with van der Waals surface area (Å²) in [5.41, 5.74) is 0.686. The number of aromatic nitrogens is 4. The van der Waals surface area contributed by atoms with E-state index in [9.17, 15) is 8.78 Å². The summed E-state index contributed by atoms with van der Waals surface area (Å²) in [5.74, 6) is -1.61. The molecule has 1 aromatic carbocycles. The van der Waals surface area contributed by atoms with Crippen LogP contribution in [0.5, 0.6) is 5.75 Å². The van der Waals surface area contributed by atoms with Gasteiger partial charge < -0.3 is 10.1 Å². The largest absolute Gasteiger partial charge is 0.497 e. The lowest BCUT2D eigenvalue weighted by Gasteiger charge is -2.34. The number of benzene rings is 1. The maximum atomic E-state index is 14.6. The smallest absolute Gasteiger partial charge is 0.285 e. The summed E-state index contributed by atoms with van der Waals surface area (Å²) in [7, 11) is 1.52. The summed E-state index contributed by atoms with van der Waals surface area (Å²) in [6.07, 6.45) is 4.69. The van der Waals surface area contributed by atoms with Crippen molar-refractivity contribution in [2.45, 2.75) is 24.8 Å². The third kappa shape index (κ3) is 3.89. The number of hydrogen-bond acceptors (Lipinski definition) is 6. The Morgan fingerprint density at radius 3 is 2.68 bits per heavy atom. The Kier molecular flexibility index (Phi) is 5.08. The number of likely N-dealkylation sites (tertiary alicyclic amines) is 1. The van der Waals surface area contributed by atoms with Crippen LogP contribution in [0.2, 0.25) is 0 Å². The first-order chi connectivity index (χ1) is 13.5. The second-order valence-electron chi connectivity index (χ2n) is 6.98. The highest BCUT2D eigenvalue weighted by atomic mass is 19.3. The van der Waals surface area contributed by atoms with E-state index in [4.69, 9.17) is 4.74 Å². The van der Waals surface area contributed by atoms with Gasteiger partial charge in [0, 0.05) is 24.7 Å². The normalized spacial score (nSPS) is 16.4. The number of fused-ring (bicyclic) bond motifs is 1. The van der Waals surface area contributed by atoms with Crippen molar-refractivity contribution in [3.8, 4) is 5.75 Å². The Bertz CT molecular complexity index is 922. The number of hydrogen-bond donors (Lipinski definition) is 2. The molecular formula is C19H22F2N6O. The quantitative estimate of drug-likeness (QED) is 0.676. The van der Waals surface area contributed by atoms with Gasteiger partial charge in [-0.25, -0.2) is 9.97 Å². The Morgan fingerprint density at radius 1 is 1.21 bits per heavy atom. The maximum absolute atomic E-state index is 14.6. The van der Waals surface area contributed by atoms with Gasteiger partial charge in [-0.3, -0.25) is 10.00 Å². The molecule has 2 aromatic heterocycles. The lowest BCUT2D eigenvalue weighted by Crippen LogP contribution is -2.43. The minimum absolute atomic E-state index is 0.0110. The van der Waals surface area contributed by atoms with Gasteiger partial charge in [0.25, 0.3) is 5.92 Å². The second kappa shape index (κ2) is 7.67. The van der Waals surface area contributed by atoms with Crippen LogP contribution >= 0.6 is 0 Å². The highest BCUT2D eigenvalue weighted by Crippen LogP contribution is 2.31. The van der Waals surface area contributed by atoms with Crippen molar-refractivity contribution >= 4 is 16.9 Å². The Balaban J connectivity index is 1.34. The summed E-state index contributed by atoms with van der Waals surface area (Å²) in [4.78, 5) is 10.2. The van der Waals surface area contributed by atoms with E-state index < -0.39 is 5.92 Å². The Hall–Kier alpha value is -2.81. The van der Waals surface area contributed by atoms with Crippen LogP contribution in [0, 0.1) is 0 Å². The maximum Gasteiger partial charge on any atom is 0.285 e. The topological polar surface area (TPSA) is 79.0 Å². The molecule has 9 heteroatoms. The van der Waals surface area contributed by atoms with Gasteiger partial charge in [-0.05, 0) is 37.1 Å². The van der Waals surface area contributed by atoms with E-state index in [1.807, 2.05) is 4.90 Å².